The maximum atomic E-state index is 12.8. The third-order valence-electron chi connectivity index (χ3n) is 5.55. The molecule has 1 N–H and O–H groups in total. The number of hydrogen-bond donors (Lipinski definition) is 1. The fraction of sp³-hybridized carbons (Fsp3) is 0.435. The van der Waals surface area contributed by atoms with Crippen LogP contribution in [0.25, 0.3) is 0 Å². The number of carbonyl (C=O) groups excluding carboxylic acids is 1. The summed E-state index contributed by atoms with van der Waals surface area (Å²) in [6.07, 6.45) is 1.13. The first-order chi connectivity index (χ1) is 14.3. The van der Waals surface area contributed by atoms with E-state index in [0.717, 1.165) is 11.1 Å². The van der Waals surface area contributed by atoms with E-state index in [0.29, 0.717) is 25.8 Å². The van der Waals surface area contributed by atoms with Crippen LogP contribution in [0.5, 0.6) is 0 Å². The number of aryl methyl sites for hydroxylation is 1. The lowest BCUT2D eigenvalue weighted by Crippen LogP contribution is -2.48. The highest BCUT2D eigenvalue weighted by Crippen LogP contribution is 2.30. The second-order valence-corrected chi connectivity index (χ2v) is 9.69. The lowest BCUT2D eigenvalue weighted by molar-refractivity contribution is -0.134. The van der Waals surface area contributed by atoms with Crippen molar-refractivity contribution in [1.82, 2.24) is 10.2 Å². The molecule has 0 saturated heterocycles. The first kappa shape index (κ1) is 22.5. The van der Waals surface area contributed by atoms with Crippen molar-refractivity contribution in [2.45, 2.75) is 49.8 Å². The summed E-state index contributed by atoms with van der Waals surface area (Å²) in [5.41, 5.74) is 2.08. The van der Waals surface area contributed by atoms with Gasteiger partial charge in [0.2, 0.25) is 5.91 Å². The van der Waals surface area contributed by atoms with Crippen LogP contribution in [0.4, 0.5) is 0 Å². The molecular weight excluding hydrogens is 400 g/mol. The van der Waals surface area contributed by atoms with Crippen molar-refractivity contribution >= 4 is 16.0 Å². The molecule has 0 aromatic heterocycles. The Morgan fingerprint density at radius 1 is 1.07 bits per heavy atom. The summed E-state index contributed by atoms with van der Waals surface area (Å²) in [5.74, 6) is -0.0726. The van der Waals surface area contributed by atoms with E-state index in [-0.39, 0.29) is 22.8 Å². The zero-order valence-electron chi connectivity index (χ0n) is 17.7. The topological polar surface area (TPSA) is 75.7 Å². The maximum Gasteiger partial charge on any atom is 0.297 e. The van der Waals surface area contributed by atoms with E-state index in [1.807, 2.05) is 37.3 Å². The molecule has 1 aliphatic rings. The van der Waals surface area contributed by atoms with Gasteiger partial charge in [-0.25, -0.2) is 0 Å². The van der Waals surface area contributed by atoms with Gasteiger partial charge in [-0.05, 0) is 43.9 Å². The summed E-state index contributed by atoms with van der Waals surface area (Å²) in [6.45, 7) is 2.49. The van der Waals surface area contributed by atoms with Crippen molar-refractivity contribution < 1.29 is 17.4 Å². The third kappa shape index (κ3) is 5.68. The van der Waals surface area contributed by atoms with E-state index in [4.69, 9.17) is 4.18 Å². The van der Waals surface area contributed by atoms with Crippen LogP contribution >= 0.6 is 0 Å². The average Bonchev–Trinajstić information content (AvgIpc) is 2.73. The van der Waals surface area contributed by atoms with Gasteiger partial charge in [0.05, 0.1) is 11.0 Å². The van der Waals surface area contributed by atoms with Crippen molar-refractivity contribution in [3.8, 4) is 0 Å². The van der Waals surface area contributed by atoms with Gasteiger partial charge >= 0.3 is 0 Å². The van der Waals surface area contributed by atoms with Crippen molar-refractivity contribution in [3.05, 3.63) is 65.7 Å². The van der Waals surface area contributed by atoms with Crippen molar-refractivity contribution in [1.29, 1.82) is 0 Å². The minimum atomic E-state index is -3.88. The molecule has 162 valence electrons. The van der Waals surface area contributed by atoms with E-state index >= 15 is 0 Å². The third-order valence-corrected chi connectivity index (χ3v) is 6.90. The number of nitrogens with one attached hydrogen (secondary N) is 1. The quantitative estimate of drug-likeness (QED) is 0.683. The molecular formula is C23H30N2O4S. The van der Waals surface area contributed by atoms with Crippen molar-refractivity contribution in [3.63, 3.8) is 0 Å². The second kappa shape index (κ2) is 9.73. The van der Waals surface area contributed by atoms with Crippen LogP contribution in [0.15, 0.2) is 59.5 Å². The van der Waals surface area contributed by atoms with Gasteiger partial charge in [0.1, 0.15) is 0 Å². The number of rotatable bonds is 7. The van der Waals surface area contributed by atoms with Crippen molar-refractivity contribution in [2.75, 3.05) is 14.1 Å². The Morgan fingerprint density at radius 3 is 2.37 bits per heavy atom. The van der Waals surface area contributed by atoms with Gasteiger partial charge < -0.3 is 10.2 Å². The molecule has 2 aromatic rings. The van der Waals surface area contributed by atoms with Gasteiger partial charge in [0.25, 0.3) is 10.1 Å². The fourth-order valence-corrected chi connectivity index (χ4v) is 4.97. The Morgan fingerprint density at radius 2 is 1.73 bits per heavy atom. The molecule has 6 nitrogen and oxygen atoms in total. The lowest BCUT2D eigenvalue weighted by atomic mass is 9.83. The van der Waals surface area contributed by atoms with E-state index in [9.17, 15) is 13.2 Å². The smallest absolute Gasteiger partial charge is 0.297 e. The summed E-state index contributed by atoms with van der Waals surface area (Å²) in [6, 6.07) is 16.3. The highest BCUT2D eigenvalue weighted by Gasteiger charge is 2.37. The van der Waals surface area contributed by atoms with Gasteiger partial charge in [-0.1, -0.05) is 48.0 Å². The van der Waals surface area contributed by atoms with Gasteiger partial charge in [-0.3, -0.25) is 8.98 Å². The summed E-state index contributed by atoms with van der Waals surface area (Å²) >= 11 is 0. The normalized spacial score (nSPS) is 21.9. The van der Waals surface area contributed by atoms with E-state index in [1.165, 1.54) is 0 Å². The zero-order valence-corrected chi connectivity index (χ0v) is 18.6. The molecule has 1 fully saturated rings. The Hall–Kier alpha value is -2.22. The predicted molar refractivity (Wildman–Crippen MR) is 116 cm³/mol. The van der Waals surface area contributed by atoms with Crippen LogP contribution in [-0.4, -0.2) is 45.5 Å². The number of carbonyl (C=O) groups is 1. The Kier molecular flexibility index (Phi) is 7.28. The van der Waals surface area contributed by atoms with E-state index < -0.39 is 16.2 Å². The number of amides is 1. The van der Waals surface area contributed by atoms with E-state index in [2.05, 4.69) is 5.32 Å². The molecule has 0 radical (unpaired) electrons. The van der Waals surface area contributed by atoms with Gasteiger partial charge in [-0.15, -0.1) is 0 Å². The zero-order chi connectivity index (χ0) is 21.7. The molecule has 30 heavy (non-hydrogen) atoms. The predicted octanol–water partition coefficient (Wildman–Crippen LogP) is 3.12. The second-order valence-electron chi connectivity index (χ2n) is 8.12. The molecule has 0 aliphatic heterocycles. The van der Waals surface area contributed by atoms with Gasteiger partial charge in [-0.2, -0.15) is 8.42 Å². The summed E-state index contributed by atoms with van der Waals surface area (Å²) < 4.78 is 31.3. The molecule has 2 aromatic carbocycles. The molecule has 0 spiro atoms. The molecule has 3 rings (SSSR count). The first-order valence-corrected chi connectivity index (χ1v) is 11.7. The highest BCUT2D eigenvalue weighted by atomic mass is 32.2. The number of hydrogen-bond acceptors (Lipinski definition) is 5. The minimum Gasteiger partial charge on any atom is -0.349 e. The largest absolute Gasteiger partial charge is 0.349 e. The summed E-state index contributed by atoms with van der Waals surface area (Å²) in [5, 5.41) is 3.43. The first-order valence-electron chi connectivity index (χ1n) is 10.2. The number of nitrogens with zero attached hydrogens (tertiary/aromatic N) is 1. The van der Waals surface area contributed by atoms with Crippen LogP contribution in [-0.2, 0) is 25.6 Å². The number of benzene rings is 2. The molecule has 0 unspecified atom stereocenters. The van der Waals surface area contributed by atoms with Crippen LogP contribution in [0.1, 0.15) is 30.4 Å². The molecule has 1 amide bonds. The molecule has 0 heterocycles. The van der Waals surface area contributed by atoms with Gasteiger partial charge in [0, 0.05) is 32.6 Å². The Labute approximate surface area is 179 Å². The molecule has 1 saturated carbocycles. The highest BCUT2D eigenvalue weighted by molar-refractivity contribution is 7.86. The van der Waals surface area contributed by atoms with Crippen LogP contribution in [0.3, 0.4) is 0 Å². The van der Waals surface area contributed by atoms with Crippen LogP contribution in [0.2, 0.25) is 0 Å². The van der Waals surface area contributed by atoms with Gasteiger partial charge in [0.15, 0.2) is 0 Å². The molecule has 7 heteroatoms. The van der Waals surface area contributed by atoms with Crippen LogP contribution in [0, 0.1) is 12.8 Å². The standard InChI is InChI=1S/C23H30N2O4S/c1-17-9-12-20(13-10-17)30(27,28)29-22-14-11-19(23(26)25(2)3)15-21(22)24-16-18-7-5-4-6-8-18/h4-10,12-13,19,21-22,24H,11,14-16H2,1-3H3/t19-,21+,22+/m0/s1. The lowest BCUT2D eigenvalue weighted by Gasteiger charge is -2.36. The average molecular weight is 431 g/mol. The molecule has 1 aliphatic carbocycles. The SMILES string of the molecule is Cc1ccc(S(=O)(=O)O[C@@H]2CC[C@H](C(=O)N(C)C)C[C@H]2NCc2ccccc2)cc1. The minimum absolute atomic E-state index is 0.0707. The monoisotopic (exact) mass is 430 g/mol. The van der Waals surface area contributed by atoms with Crippen LogP contribution < -0.4 is 5.32 Å². The van der Waals surface area contributed by atoms with Crippen molar-refractivity contribution in [2.24, 2.45) is 5.92 Å². The van der Waals surface area contributed by atoms with E-state index in [1.54, 1.807) is 43.3 Å². The molecule has 3 atom stereocenters. The summed E-state index contributed by atoms with van der Waals surface area (Å²) in [7, 11) is -0.384. The molecule has 0 bridgehead atoms. The fourth-order valence-electron chi connectivity index (χ4n) is 3.83. The Bertz CT molecular complexity index is 943. The maximum absolute atomic E-state index is 12.8. The summed E-state index contributed by atoms with van der Waals surface area (Å²) in [4.78, 5) is 14.3. The Balaban J connectivity index is 1.76.